The normalized spacial score (nSPS) is 14.4. The molecule has 6 nitrogen and oxygen atoms in total. The molecule has 1 aliphatic rings. The number of para-hydroxylation sites is 1. The summed E-state index contributed by atoms with van der Waals surface area (Å²) >= 11 is 6.27. The molecule has 2 heterocycles. The lowest BCUT2D eigenvalue weighted by atomic mass is 10.1. The quantitative estimate of drug-likeness (QED) is 0.632. The van der Waals surface area contributed by atoms with E-state index in [4.69, 9.17) is 20.8 Å². The van der Waals surface area contributed by atoms with Crippen molar-refractivity contribution in [3.8, 4) is 5.75 Å². The van der Waals surface area contributed by atoms with E-state index in [-0.39, 0.29) is 11.5 Å². The number of piperazine rings is 1. The summed E-state index contributed by atoms with van der Waals surface area (Å²) in [5.74, 6) is 0.311. The first-order valence-electron chi connectivity index (χ1n) is 8.97. The maximum atomic E-state index is 12.9. The van der Waals surface area contributed by atoms with Crippen LogP contribution in [-0.4, -0.2) is 44.1 Å². The Hall–Kier alpha value is -2.99. The van der Waals surface area contributed by atoms with Crippen LogP contribution in [0.2, 0.25) is 5.02 Å². The van der Waals surface area contributed by atoms with E-state index in [1.807, 2.05) is 24.3 Å². The van der Waals surface area contributed by atoms with E-state index in [0.717, 1.165) is 5.69 Å². The Kier molecular flexibility index (Phi) is 4.96. The molecule has 0 N–H and O–H groups in total. The molecule has 0 aliphatic carbocycles. The SMILES string of the molecule is COc1ccc2oc(=O)c(C(=O)N3CCN(c4ccccc4Cl)CC3)cc2c1. The third kappa shape index (κ3) is 3.43. The van der Waals surface area contributed by atoms with Crippen molar-refractivity contribution in [1.82, 2.24) is 4.90 Å². The van der Waals surface area contributed by atoms with Gasteiger partial charge in [-0.15, -0.1) is 0 Å². The molecule has 0 unspecified atom stereocenters. The fraction of sp³-hybridized carbons (Fsp3) is 0.238. The van der Waals surface area contributed by atoms with Gasteiger partial charge in [0.25, 0.3) is 5.91 Å². The predicted molar refractivity (Wildman–Crippen MR) is 109 cm³/mol. The second kappa shape index (κ2) is 7.56. The van der Waals surface area contributed by atoms with E-state index in [1.54, 1.807) is 36.3 Å². The third-order valence-corrected chi connectivity index (χ3v) is 5.25. The van der Waals surface area contributed by atoms with E-state index in [9.17, 15) is 9.59 Å². The van der Waals surface area contributed by atoms with Crippen LogP contribution in [-0.2, 0) is 0 Å². The van der Waals surface area contributed by atoms with Gasteiger partial charge in [0.15, 0.2) is 0 Å². The molecule has 7 heteroatoms. The number of nitrogens with zero attached hydrogens (tertiary/aromatic N) is 2. The summed E-state index contributed by atoms with van der Waals surface area (Å²) in [5.41, 5.74) is 0.780. The molecule has 2 aromatic carbocycles. The van der Waals surface area contributed by atoms with Crippen LogP contribution >= 0.6 is 11.6 Å². The first-order valence-corrected chi connectivity index (χ1v) is 9.35. The van der Waals surface area contributed by atoms with Gasteiger partial charge in [-0.1, -0.05) is 23.7 Å². The molecule has 0 radical (unpaired) electrons. The molecular weight excluding hydrogens is 380 g/mol. The fourth-order valence-corrected chi connectivity index (χ4v) is 3.66. The summed E-state index contributed by atoms with van der Waals surface area (Å²) in [6, 6.07) is 14.3. The number of halogens is 1. The van der Waals surface area contributed by atoms with E-state index in [1.165, 1.54) is 0 Å². The number of hydrogen-bond acceptors (Lipinski definition) is 5. The topological polar surface area (TPSA) is 63.0 Å². The molecular formula is C21H19ClN2O4. The molecule has 0 bridgehead atoms. The number of hydrogen-bond donors (Lipinski definition) is 0. The second-order valence-corrected chi connectivity index (χ2v) is 6.99. The Morgan fingerprint density at radius 1 is 1.07 bits per heavy atom. The smallest absolute Gasteiger partial charge is 0.349 e. The van der Waals surface area contributed by atoms with Crippen LogP contribution in [0.1, 0.15) is 10.4 Å². The molecule has 1 aromatic heterocycles. The van der Waals surface area contributed by atoms with Gasteiger partial charge >= 0.3 is 5.63 Å². The Morgan fingerprint density at radius 3 is 2.54 bits per heavy atom. The van der Waals surface area contributed by atoms with Gasteiger partial charge < -0.3 is 19.0 Å². The second-order valence-electron chi connectivity index (χ2n) is 6.58. The average molecular weight is 399 g/mol. The van der Waals surface area contributed by atoms with Crippen molar-refractivity contribution in [1.29, 1.82) is 0 Å². The van der Waals surface area contributed by atoms with Gasteiger partial charge in [0, 0.05) is 31.6 Å². The lowest BCUT2D eigenvalue weighted by molar-refractivity contribution is 0.0742. The molecule has 1 fully saturated rings. The Morgan fingerprint density at radius 2 is 1.82 bits per heavy atom. The monoisotopic (exact) mass is 398 g/mol. The molecule has 0 atom stereocenters. The first-order chi connectivity index (χ1) is 13.6. The standard InChI is InChI=1S/C21H19ClN2O4/c1-27-15-6-7-19-14(12-15)13-16(21(26)28-19)20(25)24-10-8-23(9-11-24)18-5-3-2-4-17(18)22/h2-7,12-13H,8-11H2,1H3. The molecule has 1 aliphatic heterocycles. The first kappa shape index (κ1) is 18.4. The van der Waals surface area contributed by atoms with E-state index in [0.29, 0.717) is 47.9 Å². The number of fused-ring (bicyclic) bond motifs is 1. The summed E-state index contributed by atoms with van der Waals surface area (Å²) in [6.45, 7) is 2.28. The number of ether oxygens (including phenoxy) is 1. The van der Waals surface area contributed by atoms with Crippen molar-refractivity contribution in [2.24, 2.45) is 0 Å². The molecule has 1 amide bonds. The maximum Gasteiger partial charge on any atom is 0.349 e. The molecule has 0 spiro atoms. The van der Waals surface area contributed by atoms with Crippen LogP contribution < -0.4 is 15.3 Å². The molecule has 144 valence electrons. The van der Waals surface area contributed by atoms with Crippen molar-refractivity contribution in [3.63, 3.8) is 0 Å². The lowest BCUT2D eigenvalue weighted by Gasteiger charge is -2.36. The van der Waals surface area contributed by atoms with Gasteiger partial charge in [0.05, 0.1) is 17.8 Å². The molecule has 0 saturated carbocycles. The minimum atomic E-state index is -0.629. The summed E-state index contributed by atoms with van der Waals surface area (Å²) in [6.07, 6.45) is 0. The molecule has 4 rings (SSSR count). The molecule has 1 saturated heterocycles. The fourth-order valence-electron chi connectivity index (χ4n) is 3.41. The van der Waals surface area contributed by atoms with E-state index < -0.39 is 5.63 Å². The van der Waals surface area contributed by atoms with Crippen molar-refractivity contribution in [2.75, 3.05) is 38.2 Å². The van der Waals surface area contributed by atoms with Gasteiger partial charge in [-0.25, -0.2) is 4.79 Å². The van der Waals surface area contributed by atoms with Crippen LogP contribution in [0, 0.1) is 0 Å². The van der Waals surface area contributed by atoms with E-state index in [2.05, 4.69) is 4.90 Å². The number of carbonyl (C=O) groups excluding carboxylic acids is 1. The highest BCUT2D eigenvalue weighted by Gasteiger charge is 2.25. The highest BCUT2D eigenvalue weighted by atomic mass is 35.5. The van der Waals surface area contributed by atoms with Gasteiger partial charge in [-0.05, 0) is 36.4 Å². The summed E-state index contributed by atoms with van der Waals surface area (Å²) in [4.78, 5) is 29.1. The Balaban J connectivity index is 1.54. The molecule has 3 aromatic rings. The largest absolute Gasteiger partial charge is 0.497 e. The number of amides is 1. The van der Waals surface area contributed by atoms with Crippen molar-refractivity contribution in [3.05, 3.63) is 69.5 Å². The van der Waals surface area contributed by atoms with Crippen LogP contribution in [0.5, 0.6) is 5.75 Å². The van der Waals surface area contributed by atoms with Crippen LogP contribution in [0.4, 0.5) is 5.69 Å². The highest BCUT2D eigenvalue weighted by molar-refractivity contribution is 6.33. The van der Waals surface area contributed by atoms with Crippen molar-refractivity contribution >= 4 is 34.2 Å². The van der Waals surface area contributed by atoms with Gasteiger partial charge in [0.1, 0.15) is 16.9 Å². The third-order valence-electron chi connectivity index (χ3n) is 4.93. The van der Waals surface area contributed by atoms with Crippen LogP contribution in [0.3, 0.4) is 0 Å². The van der Waals surface area contributed by atoms with Crippen molar-refractivity contribution in [2.45, 2.75) is 0 Å². The maximum absolute atomic E-state index is 12.9. The Bertz CT molecular complexity index is 1090. The zero-order valence-corrected chi connectivity index (χ0v) is 16.1. The lowest BCUT2D eigenvalue weighted by Crippen LogP contribution is -2.49. The summed E-state index contributed by atoms with van der Waals surface area (Å²) in [5, 5.41) is 1.34. The predicted octanol–water partition coefficient (Wildman–Crippen LogP) is 3.42. The van der Waals surface area contributed by atoms with Crippen LogP contribution in [0.25, 0.3) is 11.0 Å². The zero-order valence-electron chi connectivity index (χ0n) is 15.4. The van der Waals surface area contributed by atoms with Gasteiger partial charge in [-0.3, -0.25) is 4.79 Å². The van der Waals surface area contributed by atoms with Crippen LogP contribution in [0.15, 0.2) is 57.7 Å². The number of carbonyl (C=O) groups is 1. The highest BCUT2D eigenvalue weighted by Crippen LogP contribution is 2.26. The van der Waals surface area contributed by atoms with E-state index >= 15 is 0 Å². The number of anilines is 1. The minimum absolute atomic E-state index is 0.0342. The average Bonchev–Trinajstić information content (AvgIpc) is 2.73. The number of rotatable bonds is 3. The molecule has 28 heavy (non-hydrogen) atoms. The minimum Gasteiger partial charge on any atom is -0.497 e. The van der Waals surface area contributed by atoms with Crippen molar-refractivity contribution < 1.29 is 13.9 Å². The number of benzene rings is 2. The number of methoxy groups -OCH3 is 1. The zero-order chi connectivity index (χ0) is 19.7. The summed E-state index contributed by atoms with van der Waals surface area (Å²) < 4.78 is 10.5. The Labute approximate surface area is 166 Å². The van der Waals surface area contributed by atoms with Gasteiger partial charge in [-0.2, -0.15) is 0 Å². The van der Waals surface area contributed by atoms with Gasteiger partial charge in [0.2, 0.25) is 0 Å². The summed E-state index contributed by atoms with van der Waals surface area (Å²) in [7, 11) is 1.56.